The predicted molar refractivity (Wildman–Crippen MR) is 110 cm³/mol. The molecule has 170 valence electrons. The molecule has 0 amide bonds. The van der Waals surface area contributed by atoms with Gasteiger partial charge in [0.05, 0.1) is 24.6 Å². The van der Waals surface area contributed by atoms with E-state index >= 15 is 0 Å². The number of hydrogen-bond acceptors (Lipinski definition) is 7. The summed E-state index contributed by atoms with van der Waals surface area (Å²) in [5, 5.41) is 7.05. The molecule has 1 atom stereocenters. The van der Waals surface area contributed by atoms with Gasteiger partial charge in [-0.1, -0.05) is 0 Å². The van der Waals surface area contributed by atoms with E-state index in [0.29, 0.717) is 24.2 Å². The van der Waals surface area contributed by atoms with Crippen molar-refractivity contribution in [3.8, 4) is 11.5 Å². The van der Waals surface area contributed by atoms with Crippen molar-refractivity contribution in [2.24, 2.45) is 0 Å². The van der Waals surface area contributed by atoms with Crippen molar-refractivity contribution < 1.29 is 27.4 Å². The van der Waals surface area contributed by atoms with Crippen LogP contribution in [0.3, 0.4) is 0 Å². The number of halogens is 3. The van der Waals surface area contributed by atoms with Crippen LogP contribution in [0.1, 0.15) is 22.3 Å². The van der Waals surface area contributed by atoms with Crippen LogP contribution in [-0.4, -0.2) is 60.2 Å². The molecule has 2 aromatic heterocycles. The predicted octanol–water partition coefficient (Wildman–Crippen LogP) is 2.70. The highest BCUT2D eigenvalue weighted by Gasteiger charge is 2.36. The number of anilines is 1. The smallest absolute Gasteiger partial charge is 0.261 e. The molecule has 3 aromatic rings. The van der Waals surface area contributed by atoms with Gasteiger partial charge in [0.1, 0.15) is 24.2 Å². The van der Waals surface area contributed by atoms with E-state index < -0.39 is 18.3 Å². The highest BCUT2D eigenvalue weighted by Crippen LogP contribution is 2.36. The van der Waals surface area contributed by atoms with E-state index in [1.54, 1.807) is 0 Å². The molecule has 1 aliphatic heterocycles. The van der Waals surface area contributed by atoms with E-state index in [4.69, 9.17) is 9.47 Å². The van der Waals surface area contributed by atoms with E-state index in [2.05, 4.69) is 15.4 Å². The maximum atomic E-state index is 14.0. The Morgan fingerprint density at radius 1 is 1.41 bits per heavy atom. The Kier molecular flexibility index (Phi) is 6.45. The number of benzene rings is 1. The third kappa shape index (κ3) is 4.33. The van der Waals surface area contributed by atoms with E-state index in [1.165, 1.54) is 40.0 Å². The zero-order chi connectivity index (χ0) is 22.7. The maximum absolute atomic E-state index is 14.0. The summed E-state index contributed by atoms with van der Waals surface area (Å²) in [5.74, 6) is 0.264. The van der Waals surface area contributed by atoms with Crippen LogP contribution in [0.25, 0.3) is 5.65 Å². The number of nitrogens with zero attached hydrogens (tertiary/aromatic N) is 4. The lowest BCUT2D eigenvalue weighted by molar-refractivity contribution is 0.0766. The topological polar surface area (TPSA) is 81.0 Å². The molecule has 4 rings (SSSR count). The first-order valence-corrected chi connectivity index (χ1v) is 10.1. The van der Waals surface area contributed by atoms with Crippen molar-refractivity contribution in [1.82, 2.24) is 19.9 Å². The van der Waals surface area contributed by atoms with E-state index in [1.807, 2.05) is 7.05 Å². The third-order valence-corrected chi connectivity index (χ3v) is 5.16. The average molecular weight is 449 g/mol. The maximum Gasteiger partial charge on any atom is 0.261 e. The van der Waals surface area contributed by atoms with Crippen molar-refractivity contribution in [3.05, 3.63) is 47.5 Å². The minimum Gasteiger partial charge on any atom is -0.493 e. The Hall–Kier alpha value is -3.34. The first-order chi connectivity index (χ1) is 15.5. The number of alkyl halides is 2. The van der Waals surface area contributed by atoms with Gasteiger partial charge in [-0.15, -0.1) is 0 Å². The third-order valence-electron chi connectivity index (χ3n) is 5.16. The molecule has 32 heavy (non-hydrogen) atoms. The summed E-state index contributed by atoms with van der Waals surface area (Å²) in [4.78, 5) is 17.1. The minimum absolute atomic E-state index is 0.0851. The number of carbonyl (C=O) groups is 1. The first-order valence-electron chi connectivity index (χ1n) is 10.1. The van der Waals surface area contributed by atoms with Crippen LogP contribution in [0.15, 0.2) is 30.6 Å². The molecule has 1 unspecified atom stereocenters. The average Bonchev–Trinajstić information content (AvgIpc) is 3.18. The summed E-state index contributed by atoms with van der Waals surface area (Å²) < 4.78 is 54.5. The Bertz CT molecular complexity index is 1110. The molecule has 0 saturated carbocycles. The number of aromatic nitrogens is 3. The van der Waals surface area contributed by atoms with Crippen molar-refractivity contribution in [2.75, 3.05) is 31.7 Å². The van der Waals surface area contributed by atoms with Gasteiger partial charge in [-0.3, -0.25) is 4.79 Å². The van der Waals surface area contributed by atoms with Gasteiger partial charge in [-0.2, -0.15) is 5.10 Å². The van der Waals surface area contributed by atoms with Crippen LogP contribution in [0.4, 0.5) is 19.0 Å². The van der Waals surface area contributed by atoms with Gasteiger partial charge in [0.25, 0.3) is 6.43 Å². The fourth-order valence-electron chi connectivity index (χ4n) is 3.54. The number of rotatable bonds is 9. The number of ether oxygens (including phenoxy) is 2. The van der Waals surface area contributed by atoms with E-state index in [9.17, 15) is 18.0 Å². The Morgan fingerprint density at radius 3 is 3.00 bits per heavy atom. The Balaban J connectivity index is 1.72. The van der Waals surface area contributed by atoms with Crippen LogP contribution in [0, 0.1) is 5.82 Å². The van der Waals surface area contributed by atoms with Crippen molar-refractivity contribution in [1.29, 1.82) is 0 Å². The molecular formula is C21H22F3N5O3. The summed E-state index contributed by atoms with van der Waals surface area (Å²) >= 11 is 0. The van der Waals surface area contributed by atoms with E-state index in [-0.39, 0.29) is 35.9 Å². The lowest BCUT2D eigenvalue weighted by atomic mass is 10.1. The van der Waals surface area contributed by atoms with Gasteiger partial charge in [-0.05, 0) is 38.2 Å². The molecule has 1 N–H and O–H groups in total. The fraction of sp³-hybridized carbons (Fsp3) is 0.381. The van der Waals surface area contributed by atoms with Crippen molar-refractivity contribution in [2.45, 2.75) is 25.4 Å². The molecule has 11 heteroatoms. The van der Waals surface area contributed by atoms with Crippen LogP contribution < -0.4 is 19.7 Å². The van der Waals surface area contributed by atoms with Crippen molar-refractivity contribution >= 4 is 17.8 Å². The van der Waals surface area contributed by atoms with Crippen molar-refractivity contribution in [3.63, 3.8) is 0 Å². The second-order valence-corrected chi connectivity index (χ2v) is 7.31. The molecule has 0 spiro atoms. The van der Waals surface area contributed by atoms with Crippen LogP contribution in [0.5, 0.6) is 11.5 Å². The quantitative estimate of drug-likeness (QED) is 0.397. The normalized spacial score (nSPS) is 15.7. The highest BCUT2D eigenvalue weighted by molar-refractivity contribution is 5.84. The second-order valence-electron chi connectivity index (χ2n) is 7.31. The van der Waals surface area contributed by atoms with Gasteiger partial charge in [0.15, 0.2) is 23.5 Å². The number of carbonyl (C=O) groups excluding carboxylic acids is 1. The summed E-state index contributed by atoms with van der Waals surface area (Å²) in [6, 6.07) is 2.69. The second kappa shape index (κ2) is 9.43. The molecule has 8 nitrogen and oxygen atoms in total. The lowest BCUT2D eigenvalue weighted by Gasteiger charge is -2.37. The summed E-state index contributed by atoms with van der Waals surface area (Å²) in [5.41, 5.74) is 0.829. The van der Waals surface area contributed by atoms with Gasteiger partial charge in [0.2, 0.25) is 0 Å². The minimum atomic E-state index is -2.75. The molecule has 0 radical (unpaired) electrons. The molecule has 1 aromatic carbocycles. The van der Waals surface area contributed by atoms with Gasteiger partial charge >= 0.3 is 0 Å². The summed E-state index contributed by atoms with van der Waals surface area (Å²) in [6.45, 7) is 0.756. The SMILES string of the molecule is CNCCCOc1ccc(F)cc1CN1c2nc3c(C=O)cnn3cc2OCC1C(F)F. The summed E-state index contributed by atoms with van der Waals surface area (Å²) in [6.07, 6.45) is 1.39. The zero-order valence-corrected chi connectivity index (χ0v) is 17.3. The number of nitrogens with one attached hydrogen (secondary N) is 1. The molecule has 0 aliphatic carbocycles. The zero-order valence-electron chi connectivity index (χ0n) is 17.3. The Labute approximate surface area is 181 Å². The molecular weight excluding hydrogens is 427 g/mol. The van der Waals surface area contributed by atoms with Gasteiger partial charge < -0.3 is 19.7 Å². The molecule has 0 bridgehead atoms. The van der Waals surface area contributed by atoms with Crippen LogP contribution in [0.2, 0.25) is 0 Å². The van der Waals surface area contributed by atoms with Gasteiger partial charge in [0, 0.05) is 12.1 Å². The first kappa shape index (κ1) is 21.9. The monoisotopic (exact) mass is 449 g/mol. The fourth-order valence-corrected chi connectivity index (χ4v) is 3.54. The Morgan fingerprint density at radius 2 is 2.25 bits per heavy atom. The highest BCUT2D eigenvalue weighted by atomic mass is 19.3. The molecule has 0 saturated heterocycles. The van der Waals surface area contributed by atoms with Crippen LogP contribution >= 0.6 is 0 Å². The summed E-state index contributed by atoms with van der Waals surface area (Å²) in [7, 11) is 1.82. The van der Waals surface area contributed by atoms with Crippen LogP contribution in [-0.2, 0) is 6.54 Å². The lowest BCUT2D eigenvalue weighted by Crippen LogP contribution is -2.47. The van der Waals surface area contributed by atoms with Gasteiger partial charge in [-0.25, -0.2) is 22.7 Å². The molecule has 0 fully saturated rings. The number of fused-ring (bicyclic) bond motifs is 2. The standard InChI is InChI=1S/C21H22F3N5O3/c1-25-5-2-6-31-17-4-3-15(22)7-13(17)9-28-16(19(23)24)12-32-18-10-29-20(27-21(18)28)14(11-30)8-26-29/h3-4,7-8,10-11,16,19,25H,2,5-6,9,12H2,1H3. The number of hydrogen-bond donors (Lipinski definition) is 1. The largest absolute Gasteiger partial charge is 0.493 e. The molecule has 3 heterocycles. The van der Waals surface area contributed by atoms with E-state index in [0.717, 1.165) is 13.0 Å². The number of aldehydes is 1. The molecule has 1 aliphatic rings.